The van der Waals surface area contributed by atoms with Gasteiger partial charge in [0.25, 0.3) is 0 Å². The first-order chi connectivity index (χ1) is 14.7. The molecule has 156 valence electrons. The number of nitriles is 1. The number of pyridine rings is 2. The van der Waals surface area contributed by atoms with E-state index in [1.807, 2.05) is 0 Å². The number of hydrogen-bond donors (Lipinski definition) is 2. The summed E-state index contributed by atoms with van der Waals surface area (Å²) in [5.41, 5.74) is 3.06. The summed E-state index contributed by atoms with van der Waals surface area (Å²) in [5.74, 6) is 0.00813. The molecule has 0 aliphatic rings. The topological polar surface area (TPSA) is 95.5 Å². The van der Waals surface area contributed by atoms with E-state index in [4.69, 9.17) is 0 Å². The van der Waals surface area contributed by atoms with Crippen LogP contribution in [0.4, 0.5) is 24.7 Å². The highest BCUT2D eigenvalue weighted by molar-refractivity contribution is 5.69. The molecular weight excluding hydrogens is 411 g/mol. The van der Waals surface area contributed by atoms with Gasteiger partial charge in [-0.25, -0.2) is 9.97 Å². The SMILES string of the molecule is Cc1nc2ccc(O)cn2c1-c1cc(C#N)cc(Nc2ccc(OC(F)(F)F)cc2)n1. The number of nitrogens with zero attached hydrogens (tertiary/aromatic N) is 4. The molecule has 0 atom stereocenters. The lowest BCUT2D eigenvalue weighted by molar-refractivity contribution is -0.274. The summed E-state index contributed by atoms with van der Waals surface area (Å²) in [7, 11) is 0. The minimum Gasteiger partial charge on any atom is -0.506 e. The molecule has 0 aliphatic carbocycles. The lowest BCUT2D eigenvalue weighted by Gasteiger charge is -2.11. The number of ether oxygens (including phenoxy) is 1. The number of fused-ring (bicyclic) bond motifs is 1. The van der Waals surface area contributed by atoms with Crippen molar-refractivity contribution in [1.82, 2.24) is 14.4 Å². The molecular formula is C21H14F3N5O2. The zero-order chi connectivity index (χ0) is 22.2. The Hall–Kier alpha value is -4.26. The predicted molar refractivity (Wildman–Crippen MR) is 106 cm³/mol. The van der Waals surface area contributed by atoms with Crippen molar-refractivity contribution >= 4 is 17.2 Å². The van der Waals surface area contributed by atoms with Gasteiger partial charge < -0.3 is 15.2 Å². The molecule has 0 saturated heterocycles. The Morgan fingerprint density at radius 1 is 1.10 bits per heavy atom. The minimum atomic E-state index is -4.77. The largest absolute Gasteiger partial charge is 0.573 e. The van der Waals surface area contributed by atoms with Gasteiger partial charge in [0, 0.05) is 5.69 Å². The summed E-state index contributed by atoms with van der Waals surface area (Å²) in [6, 6.07) is 13.5. The zero-order valence-corrected chi connectivity index (χ0v) is 16.0. The summed E-state index contributed by atoms with van der Waals surface area (Å²) < 4.78 is 42.5. The maximum atomic E-state index is 12.3. The fourth-order valence-electron chi connectivity index (χ4n) is 3.13. The summed E-state index contributed by atoms with van der Waals surface area (Å²) in [6.07, 6.45) is -3.27. The molecule has 7 nitrogen and oxygen atoms in total. The molecule has 1 aromatic carbocycles. The minimum absolute atomic E-state index is 0.0436. The standard InChI is InChI=1S/C21H14F3N5O2/c1-12-20(29-11-15(30)4-7-19(29)26-12)17-8-13(10-25)9-18(28-17)27-14-2-5-16(6-3-14)31-21(22,23)24/h2-9,11,30H,1H3,(H,27,28). The number of anilines is 2. The number of benzene rings is 1. The van der Waals surface area contributed by atoms with Crippen molar-refractivity contribution in [1.29, 1.82) is 5.26 Å². The Morgan fingerprint density at radius 2 is 1.84 bits per heavy atom. The molecule has 0 saturated carbocycles. The van der Waals surface area contributed by atoms with Crippen LogP contribution in [-0.4, -0.2) is 25.8 Å². The second-order valence-electron chi connectivity index (χ2n) is 6.60. The van der Waals surface area contributed by atoms with Crippen molar-refractivity contribution in [3.8, 4) is 29.0 Å². The number of aromatic hydroxyl groups is 1. The van der Waals surface area contributed by atoms with Gasteiger partial charge in [-0.1, -0.05) is 0 Å². The van der Waals surface area contributed by atoms with Gasteiger partial charge >= 0.3 is 6.36 Å². The van der Waals surface area contributed by atoms with Gasteiger partial charge in [0.2, 0.25) is 0 Å². The molecule has 0 radical (unpaired) electrons. The van der Waals surface area contributed by atoms with Crippen molar-refractivity contribution in [2.24, 2.45) is 0 Å². The van der Waals surface area contributed by atoms with Gasteiger partial charge in [0.05, 0.1) is 34.9 Å². The molecule has 31 heavy (non-hydrogen) atoms. The van der Waals surface area contributed by atoms with Crippen LogP contribution in [0.15, 0.2) is 54.7 Å². The normalized spacial score (nSPS) is 11.3. The molecule has 0 aliphatic heterocycles. The van der Waals surface area contributed by atoms with E-state index in [-0.39, 0.29) is 11.5 Å². The second-order valence-corrected chi connectivity index (χ2v) is 6.60. The molecule has 0 unspecified atom stereocenters. The van der Waals surface area contributed by atoms with Crippen molar-refractivity contribution < 1.29 is 23.0 Å². The van der Waals surface area contributed by atoms with E-state index in [0.29, 0.717) is 39.8 Å². The van der Waals surface area contributed by atoms with E-state index in [1.54, 1.807) is 23.5 Å². The fourth-order valence-corrected chi connectivity index (χ4v) is 3.13. The lowest BCUT2D eigenvalue weighted by atomic mass is 10.1. The van der Waals surface area contributed by atoms with Crippen molar-refractivity contribution in [3.63, 3.8) is 0 Å². The third-order valence-electron chi connectivity index (χ3n) is 4.33. The van der Waals surface area contributed by atoms with Gasteiger partial charge in [-0.15, -0.1) is 13.2 Å². The van der Waals surface area contributed by atoms with E-state index in [9.17, 15) is 23.5 Å². The number of aryl methyl sites for hydroxylation is 1. The Bertz CT molecular complexity index is 1310. The second kappa shape index (κ2) is 7.53. The van der Waals surface area contributed by atoms with Crippen LogP contribution in [0.2, 0.25) is 0 Å². The molecule has 2 N–H and O–H groups in total. The first-order valence-corrected chi connectivity index (χ1v) is 8.95. The highest BCUT2D eigenvalue weighted by Crippen LogP contribution is 2.29. The van der Waals surface area contributed by atoms with E-state index in [1.165, 1.54) is 42.6 Å². The number of aromatic nitrogens is 3. The van der Waals surface area contributed by atoms with Crippen LogP contribution >= 0.6 is 0 Å². The maximum Gasteiger partial charge on any atom is 0.573 e. The van der Waals surface area contributed by atoms with Crippen LogP contribution in [0.5, 0.6) is 11.5 Å². The first-order valence-electron chi connectivity index (χ1n) is 8.95. The average Bonchev–Trinajstić information content (AvgIpc) is 3.03. The van der Waals surface area contributed by atoms with E-state index in [0.717, 1.165) is 0 Å². The van der Waals surface area contributed by atoms with Crippen LogP contribution in [0.3, 0.4) is 0 Å². The maximum absolute atomic E-state index is 12.3. The molecule has 4 aromatic rings. The third-order valence-corrected chi connectivity index (χ3v) is 4.33. The van der Waals surface area contributed by atoms with Crippen molar-refractivity contribution in [2.75, 3.05) is 5.32 Å². The summed E-state index contributed by atoms with van der Waals surface area (Å²) in [6.45, 7) is 1.78. The molecule has 3 aromatic heterocycles. The first kappa shape index (κ1) is 20.0. The summed E-state index contributed by atoms with van der Waals surface area (Å²) in [4.78, 5) is 8.97. The van der Waals surface area contributed by atoms with E-state index >= 15 is 0 Å². The smallest absolute Gasteiger partial charge is 0.506 e. The van der Waals surface area contributed by atoms with Gasteiger partial charge in [-0.2, -0.15) is 5.26 Å². The highest BCUT2D eigenvalue weighted by atomic mass is 19.4. The number of halogens is 3. The van der Waals surface area contributed by atoms with Gasteiger partial charge in [-0.3, -0.25) is 4.40 Å². The van der Waals surface area contributed by atoms with Gasteiger partial charge in [0.1, 0.15) is 23.0 Å². The zero-order valence-electron chi connectivity index (χ0n) is 16.0. The van der Waals surface area contributed by atoms with Crippen LogP contribution in [0.25, 0.3) is 17.0 Å². The summed E-state index contributed by atoms with van der Waals surface area (Å²) >= 11 is 0. The Balaban J connectivity index is 1.70. The van der Waals surface area contributed by atoms with Crippen molar-refractivity contribution in [2.45, 2.75) is 13.3 Å². The molecule has 10 heteroatoms. The van der Waals surface area contributed by atoms with Crippen LogP contribution in [0.1, 0.15) is 11.3 Å². The van der Waals surface area contributed by atoms with Gasteiger partial charge in [0.15, 0.2) is 0 Å². The van der Waals surface area contributed by atoms with Gasteiger partial charge in [-0.05, 0) is 55.5 Å². The van der Waals surface area contributed by atoms with Crippen LogP contribution < -0.4 is 10.1 Å². The fraction of sp³-hybridized carbons (Fsp3) is 0.0952. The molecule has 0 amide bonds. The lowest BCUT2D eigenvalue weighted by Crippen LogP contribution is -2.16. The Labute approximate surface area is 174 Å². The average molecular weight is 425 g/mol. The predicted octanol–water partition coefficient (Wildman–Crippen LogP) is 4.92. The third kappa shape index (κ3) is 4.35. The monoisotopic (exact) mass is 425 g/mol. The van der Waals surface area contributed by atoms with Crippen LogP contribution in [0, 0.1) is 18.3 Å². The Morgan fingerprint density at radius 3 is 2.52 bits per heavy atom. The molecule has 0 bridgehead atoms. The number of alkyl halides is 3. The Kier molecular flexibility index (Phi) is 4.87. The molecule has 3 heterocycles. The molecule has 0 spiro atoms. The van der Waals surface area contributed by atoms with E-state index in [2.05, 4.69) is 26.1 Å². The number of hydrogen-bond acceptors (Lipinski definition) is 6. The number of nitrogens with one attached hydrogen (secondary N) is 1. The number of rotatable bonds is 4. The molecule has 4 rings (SSSR count). The van der Waals surface area contributed by atoms with Crippen molar-refractivity contribution in [3.05, 3.63) is 66.0 Å². The summed E-state index contributed by atoms with van der Waals surface area (Å²) in [5, 5.41) is 22.2. The van der Waals surface area contributed by atoms with E-state index < -0.39 is 6.36 Å². The quantitative estimate of drug-likeness (QED) is 0.482. The molecule has 0 fully saturated rings. The highest BCUT2D eigenvalue weighted by Gasteiger charge is 2.30. The van der Waals surface area contributed by atoms with Crippen LogP contribution in [-0.2, 0) is 0 Å². The number of imidazole rings is 1.